The van der Waals surface area contributed by atoms with Crippen molar-refractivity contribution in [3.63, 3.8) is 0 Å². The normalized spacial score (nSPS) is 18.9. The number of phenolic OH excluding ortho intramolecular Hbond substituents is 1. The molecule has 1 aromatic carbocycles. The highest BCUT2D eigenvalue weighted by Gasteiger charge is 2.27. The Labute approximate surface area is 181 Å². The maximum absolute atomic E-state index is 12.4. The molecule has 0 unspecified atom stereocenters. The van der Waals surface area contributed by atoms with Gasteiger partial charge in [-0.25, -0.2) is 0 Å². The van der Waals surface area contributed by atoms with Crippen LogP contribution in [0.25, 0.3) is 17.2 Å². The Morgan fingerprint density at radius 3 is 2.77 bits per heavy atom. The number of rotatable bonds is 4. The molecule has 1 fully saturated rings. The number of nitrogens with zero attached hydrogens (tertiary/aromatic N) is 2. The van der Waals surface area contributed by atoms with Crippen molar-refractivity contribution in [2.24, 2.45) is 4.99 Å². The van der Waals surface area contributed by atoms with Gasteiger partial charge in [-0.2, -0.15) is 4.99 Å². The highest BCUT2D eigenvalue weighted by molar-refractivity contribution is 8.18. The number of aliphatic imine (C=N–C) groups is 1. The SMILES string of the molecule is CCC(C)(C)c1cc(-c2c[nH]c(C=C3SC(N4CCOCC4)=NC3=O)c2)ccc1O. The summed E-state index contributed by atoms with van der Waals surface area (Å²) in [6, 6.07) is 7.74. The number of nitrogens with one attached hydrogen (secondary N) is 1. The fourth-order valence-corrected chi connectivity index (χ4v) is 4.49. The fraction of sp³-hybridized carbons (Fsp3) is 0.391. The molecule has 0 radical (unpaired) electrons. The van der Waals surface area contributed by atoms with E-state index in [9.17, 15) is 9.90 Å². The van der Waals surface area contributed by atoms with Crippen molar-refractivity contribution in [2.45, 2.75) is 32.6 Å². The average molecular weight is 426 g/mol. The van der Waals surface area contributed by atoms with Crippen molar-refractivity contribution < 1.29 is 14.6 Å². The molecule has 1 aromatic heterocycles. The van der Waals surface area contributed by atoms with Crippen LogP contribution in [0, 0.1) is 0 Å². The maximum Gasteiger partial charge on any atom is 0.286 e. The van der Waals surface area contributed by atoms with Crippen molar-refractivity contribution in [2.75, 3.05) is 26.3 Å². The van der Waals surface area contributed by atoms with E-state index in [1.807, 2.05) is 30.5 Å². The summed E-state index contributed by atoms with van der Waals surface area (Å²) < 4.78 is 5.37. The van der Waals surface area contributed by atoms with Gasteiger partial charge in [0.2, 0.25) is 0 Å². The topological polar surface area (TPSA) is 77.9 Å². The summed E-state index contributed by atoms with van der Waals surface area (Å²) in [6.45, 7) is 9.23. The highest BCUT2D eigenvalue weighted by atomic mass is 32.2. The van der Waals surface area contributed by atoms with Crippen molar-refractivity contribution >= 4 is 28.9 Å². The third kappa shape index (κ3) is 4.18. The Balaban J connectivity index is 1.54. The van der Waals surface area contributed by atoms with Crippen molar-refractivity contribution in [1.82, 2.24) is 9.88 Å². The second kappa shape index (κ2) is 8.32. The molecule has 1 saturated heterocycles. The monoisotopic (exact) mass is 425 g/mol. The first-order chi connectivity index (χ1) is 14.4. The second-order valence-electron chi connectivity index (χ2n) is 8.22. The number of carbonyl (C=O) groups is 1. The zero-order chi connectivity index (χ0) is 21.3. The van der Waals surface area contributed by atoms with Crippen LogP contribution < -0.4 is 0 Å². The molecule has 2 aliphatic rings. The summed E-state index contributed by atoms with van der Waals surface area (Å²) in [5.74, 6) is 0.124. The number of ether oxygens (including phenoxy) is 1. The first-order valence-electron chi connectivity index (χ1n) is 10.2. The third-order valence-corrected chi connectivity index (χ3v) is 6.87. The molecule has 0 aliphatic carbocycles. The number of hydrogen-bond acceptors (Lipinski definition) is 5. The van der Waals surface area contributed by atoms with E-state index in [1.165, 1.54) is 11.8 Å². The number of amides is 1. The van der Waals surface area contributed by atoms with E-state index in [4.69, 9.17) is 4.74 Å². The van der Waals surface area contributed by atoms with Gasteiger partial charge in [0.15, 0.2) is 5.17 Å². The van der Waals surface area contributed by atoms with Gasteiger partial charge in [-0.05, 0) is 59.0 Å². The summed E-state index contributed by atoms with van der Waals surface area (Å²) in [6.07, 6.45) is 4.71. The summed E-state index contributed by atoms with van der Waals surface area (Å²) in [7, 11) is 0. The van der Waals surface area contributed by atoms with Gasteiger partial charge in [0.1, 0.15) is 5.75 Å². The molecule has 4 rings (SSSR count). The standard InChI is InChI=1S/C23H27N3O3S/c1-4-23(2,3)18-12-15(5-6-19(18)27)16-11-17(24-14-16)13-20-21(28)25-22(30-20)26-7-9-29-10-8-26/h5-6,11-14,24,27H,4,7-10H2,1-3H3. The van der Waals surface area contributed by atoms with Crippen LogP contribution >= 0.6 is 11.8 Å². The van der Waals surface area contributed by atoms with E-state index in [1.54, 1.807) is 6.07 Å². The minimum Gasteiger partial charge on any atom is -0.508 e. The summed E-state index contributed by atoms with van der Waals surface area (Å²) in [5, 5.41) is 11.1. The lowest BCUT2D eigenvalue weighted by Gasteiger charge is -2.27. The Morgan fingerprint density at radius 2 is 2.03 bits per heavy atom. The van der Waals surface area contributed by atoms with Crippen molar-refractivity contribution in [1.29, 1.82) is 0 Å². The first kappa shape index (κ1) is 20.8. The molecule has 7 heteroatoms. The van der Waals surface area contributed by atoms with Gasteiger partial charge in [0.05, 0.1) is 18.1 Å². The molecule has 0 atom stereocenters. The zero-order valence-electron chi connectivity index (χ0n) is 17.6. The van der Waals surface area contributed by atoms with Crippen LogP contribution in [0.2, 0.25) is 0 Å². The lowest BCUT2D eigenvalue weighted by atomic mass is 9.80. The molecule has 2 N–H and O–H groups in total. The minimum absolute atomic E-state index is 0.110. The van der Waals surface area contributed by atoms with Gasteiger partial charge in [0, 0.05) is 30.5 Å². The number of carbonyl (C=O) groups excluding carboxylic acids is 1. The Kier molecular flexibility index (Phi) is 5.75. The van der Waals surface area contributed by atoms with Crippen LogP contribution in [-0.4, -0.2) is 52.4 Å². The highest BCUT2D eigenvalue weighted by Crippen LogP contribution is 2.37. The number of aromatic hydroxyl groups is 1. The lowest BCUT2D eigenvalue weighted by Crippen LogP contribution is -2.38. The van der Waals surface area contributed by atoms with E-state index >= 15 is 0 Å². The van der Waals surface area contributed by atoms with Crippen LogP contribution in [0.4, 0.5) is 0 Å². The Bertz CT molecular complexity index is 1020. The van der Waals surface area contributed by atoms with Gasteiger partial charge in [-0.15, -0.1) is 0 Å². The minimum atomic E-state index is -0.200. The van der Waals surface area contributed by atoms with Gasteiger partial charge < -0.3 is 19.7 Å². The Hall–Kier alpha value is -2.51. The van der Waals surface area contributed by atoms with Gasteiger partial charge >= 0.3 is 0 Å². The van der Waals surface area contributed by atoms with Crippen molar-refractivity contribution in [3.8, 4) is 16.9 Å². The third-order valence-electron chi connectivity index (χ3n) is 5.83. The molecule has 30 heavy (non-hydrogen) atoms. The molecule has 6 nitrogen and oxygen atoms in total. The van der Waals surface area contributed by atoms with Crippen LogP contribution in [0.15, 0.2) is 40.4 Å². The van der Waals surface area contributed by atoms with Gasteiger partial charge in [0.25, 0.3) is 5.91 Å². The van der Waals surface area contributed by atoms with E-state index in [0.29, 0.717) is 23.9 Å². The van der Waals surface area contributed by atoms with Gasteiger partial charge in [-0.3, -0.25) is 4.79 Å². The molecular formula is C23H27N3O3S. The smallest absolute Gasteiger partial charge is 0.286 e. The number of benzene rings is 1. The Morgan fingerprint density at radius 1 is 1.27 bits per heavy atom. The molecule has 158 valence electrons. The summed E-state index contributed by atoms with van der Waals surface area (Å²) >= 11 is 1.41. The number of phenols is 1. The number of hydrogen-bond donors (Lipinski definition) is 2. The van der Waals surface area contributed by atoms with Crippen LogP contribution in [0.1, 0.15) is 38.4 Å². The lowest BCUT2D eigenvalue weighted by molar-refractivity contribution is -0.113. The van der Waals surface area contributed by atoms with E-state index in [2.05, 4.69) is 35.6 Å². The van der Waals surface area contributed by atoms with Crippen LogP contribution in [-0.2, 0) is 14.9 Å². The van der Waals surface area contributed by atoms with Gasteiger partial charge in [-0.1, -0.05) is 26.8 Å². The maximum atomic E-state index is 12.4. The predicted octanol–water partition coefficient (Wildman–Crippen LogP) is 4.38. The number of morpholine rings is 1. The molecule has 0 spiro atoms. The molecular weight excluding hydrogens is 398 g/mol. The number of aromatic nitrogens is 1. The second-order valence-corrected chi connectivity index (χ2v) is 9.23. The first-order valence-corrected chi connectivity index (χ1v) is 11.1. The molecule has 1 amide bonds. The zero-order valence-corrected chi connectivity index (χ0v) is 18.4. The number of amidine groups is 1. The summed E-state index contributed by atoms with van der Waals surface area (Å²) in [5.41, 5.74) is 3.72. The average Bonchev–Trinajstić information content (AvgIpc) is 3.36. The number of H-pyrrole nitrogens is 1. The van der Waals surface area contributed by atoms with E-state index in [0.717, 1.165) is 47.1 Å². The van der Waals surface area contributed by atoms with Crippen LogP contribution in [0.5, 0.6) is 5.75 Å². The number of aromatic amines is 1. The molecule has 2 aromatic rings. The fourth-order valence-electron chi connectivity index (χ4n) is 3.54. The predicted molar refractivity (Wildman–Crippen MR) is 122 cm³/mol. The number of thioether (sulfide) groups is 1. The molecule has 3 heterocycles. The molecule has 0 bridgehead atoms. The largest absolute Gasteiger partial charge is 0.508 e. The van der Waals surface area contributed by atoms with Crippen molar-refractivity contribution in [3.05, 3.63) is 46.6 Å². The quantitative estimate of drug-likeness (QED) is 0.711. The van der Waals surface area contributed by atoms with Crippen LogP contribution in [0.3, 0.4) is 0 Å². The van der Waals surface area contributed by atoms with E-state index in [-0.39, 0.29) is 11.3 Å². The molecule has 0 saturated carbocycles. The summed E-state index contributed by atoms with van der Waals surface area (Å²) in [4.78, 5) is 22.5. The van der Waals surface area contributed by atoms with E-state index < -0.39 is 0 Å². The molecule has 2 aliphatic heterocycles.